The maximum absolute atomic E-state index is 13.3. The van der Waals surface area contributed by atoms with Crippen molar-refractivity contribution >= 4 is 34.3 Å². The first-order chi connectivity index (χ1) is 15.0. The Labute approximate surface area is 183 Å². The van der Waals surface area contributed by atoms with Gasteiger partial charge in [-0.2, -0.15) is 0 Å². The van der Waals surface area contributed by atoms with E-state index in [1.807, 2.05) is 0 Å². The predicted molar refractivity (Wildman–Crippen MR) is 116 cm³/mol. The molecule has 0 bridgehead atoms. The van der Waals surface area contributed by atoms with Gasteiger partial charge in [-0.3, -0.25) is 9.59 Å². The Morgan fingerprint density at radius 3 is 2.68 bits per heavy atom. The monoisotopic (exact) mass is 443 g/mol. The van der Waals surface area contributed by atoms with Crippen molar-refractivity contribution in [1.29, 1.82) is 0 Å². The van der Waals surface area contributed by atoms with Crippen molar-refractivity contribution in [3.8, 4) is 0 Å². The number of hydrogen-bond acceptors (Lipinski definition) is 4. The number of carbonyl (C=O) groups is 2. The van der Waals surface area contributed by atoms with E-state index in [1.165, 1.54) is 12.1 Å². The number of halogens is 2. The summed E-state index contributed by atoms with van der Waals surface area (Å²) in [7, 11) is 0. The number of rotatable bonds is 6. The van der Waals surface area contributed by atoms with Crippen LogP contribution in [0.2, 0.25) is 5.15 Å². The molecule has 0 radical (unpaired) electrons. The van der Waals surface area contributed by atoms with Crippen molar-refractivity contribution in [2.75, 3.05) is 13.1 Å². The van der Waals surface area contributed by atoms with Crippen LogP contribution in [0.15, 0.2) is 42.6 Å². The highest BCUT2D eigenvalue weighted by Gasteiger charge is 2.25. The van der Waals surface area contributed by atoms with Crippen LogP contribution in [-0.2, 0) is 11.2 Å². The summed E-state index contributed by atoms with van der Waals surface area (Å²) < 4.78 is 13.3. The number of carbonyl (C=O) groups excluding carboxylic acids is 2. The molecule has 4 rings (SSSR count). The lowest BCUT2D eigenvalue weighted by atomic mass is 10.0. The Morgan fingerprint density at radius 1 is 1.19 bits per heavy atom. The summed E-state index contributed by atoms with van der Waals surface area (Å²) in [6, 6.07) is 8.48. The zero-order chi connectivity index (χ0) is 21.8. The van der Waals surface area contributed by atoms with Gasteiger partial charge in [0, 0.05) is 17.8 Å². The molecule has 0 spiro atoms. The minimum atomic E-state index is -0.805. The van der Waals surface area contributed by atoms with Crippen LogP contribution >= 0.6 is 11.6 Å². The van der Waals surface area contributed by atoms with E-state index in [0.29, 0.717) is 16.4 Å². The molecule has 1 fully saturated rings. The Hall–Kier alpha value is -2.97. The first-order valence-electron chi connectivity index (χ1n) is 10.2. The Morgan fingerprint density at radius 2 is 1.94 bits per heavy atom. The van der Waals surface area contributed by atoms with E-state index < -0.39 is 11.9 Å². The van der Waals surface area contributed by atoms with E-state index in [-0.39, 0.29) is 24.2 Å². The number of H-pyrrole nitrogens is 1. The van der Waals surface area contributed by atoms with Gasteiger partial charge < -0.3 is 20.9 Å². The number of nitrogens with zero attached hydrogens (tertiary/aromatic N) is 1. The maximum Gasteiger partial charge on any atom is 0.268 e. The molecule has 0 aliphatic carbocycles. The van der Waals surface area contributed by atoms with Gasteiger partial charge in [0.05, 0.1) is 11.7 Å². The zero-order valence-corrected chi connectivity index (χ0v) is 17.5. The number of piperidine rings is 1. The number of fused-ring (bicyclic) bond motifs is 1. The van der Waals surface area contributed by atoms with Crippen LogP contribution in [0.3, 0.4) is 0 Å². The number of aromatic nitrogens is 2. The summed E-state index contributed by atoms with van der Waals surface area (Å²) in [5, 5.41) is 10.2. The van der Waals surface area contributed by atoms with Crippen molar-refractivity contribution < 1.29 is 14.0 Å². The first kappa shape index (κ1) is 21.3. The normalized spacial score (nSPS) is 15.5. The topological polar surface area (TPSA) is 98.9 Å². The van der Waals surface area contributed by atoms with E-state index in [4.69, 9.17) is 11.6 Å². The lowest BCUT2D eigenvalue weighted by molar-refractivity contribution is -0.123. The zero-order valence-electron chi connectivity index (χ0n) is 16.8. The third-order valence-corrected chi connectivity index (χ3v) is 5.58. The van der Waals surface area contributed by atoms with Crippen molar-refractivity contribution in [1.82, 2.24) is 25.9 Å². The van der Waals surface area contributed by atoms with Gasteiger partial charge >= 0.3 is 0 Å². The van der Waals surface area contributed by atoms with Gasteiger partial charge in [0.25, 0.3) is 5.91 Å². The van der Waals surface area contributed by atoms with Crippen LogP contribution in [0.25, 0.3) is 10.9 Å². The highest BCUT2D eigenvalue weighted by Crippen LogP contribution is 2.18. The number of benzene rings is 1. The molecule has 1 aliphatic rings. The van der Waals surface area contributed by atoms with Crippen LogP contribution in [-0.4, -0.2) is 47.0 Å². The fraction of sp³-hybridized carbons (Fsp3) is 0.318. The number of hydrogen-bond donors (Lipinski definition) is 4. The van der Waals surface area contributed by atoms with Gasteiger partial charge in [0.15, 0.2) is 0 Å². The van der Waals surface area contributed by atoms with Crippen LogP contribution in [0.4, 0.5) is 4.39 Å². The highest BCUT2D eigenvalue weighted by atomic mass is 35.5. The Balaban J connectivity index is 1.52. The second-order valence-corrected chi connectivity index (χ2v) is 8.05. The summed E-state index contributed by atoms with van der Waals surface area (Å²) in [5.41, 5.74) is 1.72. The van der Waals surface area contributed by atoms with Gasteiger partial charge in [-0.25, -0.2) is 9.37 Å². The molecule has 162 valence electrons. The van der Waals surface area contributed by atoms with E-state index >= 15 is 0 Å². The lowest BCUT2D eigenvalue weighted by Crippen LogP contribution is -2.52. The van der Waals surface area contributed by atoms with Crippen LogP contribution in [0, 0.1) is 5.82 Å². The molecule has 3 heterocycles. The second kappa shape index (κ2) is 9.45. The fourth-order valence-corrected chi connectivity index (χ4v) is 3.86. The molecule has 1 atom stereocenters. The number of nitrogens with one attached hydrogen (secondary N) is 4. The minimum Gasteiger partial charge on any atom is -0.351 e. The fourth-order valence-electron chi connectivity index (χ4n) is 3.70. The number of pyridine rings is 1. The summed E-state index contributed by atoms with van der Waals surface area (Å²) in [4.78, 5) is 32.9. The minimum absolute atomic E-state index is 0.0580. The average molecular weight is 444 g/mol. The Kier molecular flexibility index (Phi) is 6.48. The standard InChI is InChI=1S/C22H23ClFN5O2/c23-20-11-14-10-18(28-19(14)12-26-20)22(31)29-17(9-13-1-3-15(24)4-2-13)21(30)27-16-5-7-25-8-6-16/h1-4,10-12,16-17,25,28H,5-9H2,(H,27,30)(H,29,31)/t17-/m0/s1. The lowest BCUT2D eigenvalue weighted by Gasteiger charge is -2.26. The van der Waals surface area contributed by atoms with Crippen molar-refractivity contribution in [3.05, 3.63) is 64.8 Å². The van der Waals surface area contributed by atoms with Gasteiger partial charge in [0.2, 0.25) is 5.91 Å². The largest absolute Gasteiger partial charge is 0.351 e. The van der Waals surface area contributed by atoms with Gasteiger partial charge in [-0.15, -0.1) is 0 Å². The molecule has 1 saturated heterocycles. The summed E-state index contributed by atoms with van der Waals surface area (Å²) in [5.74, 6) is -1.03. The number of aromatic amines is 1. The number of amides is 2. The first-order valence-corrected chi connectivity index (χ1v) is 10.6. The molecular weight excluding hydrogens is 421 g/mol. The van der Waals surface area contributed by atoms with E-state index in [9.17, 15) is 14.0 Å². The van der Waals surface area contributed by atoms with Crippen LogP contribution in [0.5, 0.6) is 0 Å². The Bertz CT molecular complexity index is 1080. The van der Waals surface area contributed by atoms with Crippen LogP contribution < -0.4 is 16.0 Å². The van der Waals surface area contributed by atoms with Gasteiger partial charge in [0.1, 0.15) is 22.7 Å². The average Bonchev–Trinajstić information content (AvgIpc) is 3.19. The predicted octanol–water partition coefficient (Wildman–Crippen LogP) is 2.56. The second-order valence-electron chi connectivity index (χ2n) is 7.67. The molecule has 2 aromatic heterocycles. The third-order valence-electron chi connectivity index (χ3n) is 5.38. The molecule has 0 saturated carbocycles. The quantitative estimate of drug-likeness (QED) is 0.440. The van der Waals surface area contributed by atoms with E-state index in [0.717, 1.165) is 36.9 Å². The molecule has 31 heavy (non-hydrogen) atoms. The van der Waals surface area contributed by atoms with Crippen molar-refractivity contribution in [2.45, 2.75) is 31.3 Å². The van der Waals surface area contributed by atoms with Crippen molar-refractivity contribution in [2.24, 2.45) is 0 Å². The van der Waals surface area contributed by atoms with E-state index in [2.05, 4.69) is 25.9 Å². The van der Waals surface area contributed by atoms with Gasteiger partial charge in [-0.05, 0) is 55.8 Å². The smallest absolute Gasteiger partial charge is 0.268 e. The van der Waals surface area contributed by atoms with Crippen LogP contribution in [0.1, 0.15) is 28.9 Å². The van der Waals surface area contributed by atoms with Crippen molar-refractivity contribution in [3.63, 3.8) is 0 Å². The van der Waals surface area contributed by atoms with E-state index in [1.54, 1.807) is 30.5 Å². The summed E-state index contributed by atoms with van der Waals surface area (Å²) >= 11 is 5.92. The summed E-state index contributed by atoms with van der Waals surface area (Å²) in [6.45, 7) is 1.68. The molecule has 3 aromatic rings. The van der Waals surface area contributed by atoms with Gasteiger partial charge in [-0.1, -0.05) is 23.7 Å². The molecule has 1 aromatic carbocycles. The molecule has 7 nitrogen and oxygen atoms in total. The molecule has 4 N–H and O–H groups in total. The molecule has 9 heteroatoms. The molecule has 2 amide bonds. The maximum atomic E-state index is 13.3. The summed E-state index contributed by atoms with van der Waals surface area (Å²) in [6.07, 6.45) is 3.46. The molecular formula is C22H23ClFN5O2. The third kappa shape index (κ3) is 5.39. The SMILES string of the molecule is O=C(N[C@@H](Cc1ccc(F)cc1)C(=O)NC1CCNCC1)c1cc2cc(Cl)ncc2[nH]1. The molecule has 1 aliphatic heterocycles. The highest BCUT2D eigenvalue weighted by molar-refractivity contribution is 6.30. The molecule has 0 unspecified atom stereocenters.